The van der Waals surface area contributed by atoms with Gasteiger partial charge in [0.15, 0.2) is 0 Å². The van der Waals surface area contributed by atoms with Gasteiger partial charge in [0, 0.05) is 17.6 Å². The van der Waals surface area contributed by atoms with Gasteiger partial charge in [-0.25, -0.2) is 0 Å². The molecule has 2 nitrogen and oxygen atoms in total. The van der Waals surface area contributed by atoms with E-state index in [-0.39, 0.29) is 0 Å². The van der Waals surface area contributed by atoms with Crippen molar-refractivity contribution < 1.29 is 4.74 Å². The summed E-state index contributed by atoms with van der Waals surface area (Å²) in [7, 11) is 0. The van der Waals surface area contributed by atoms with Crippen molar-refractivity contribution in [2.75, 3.05) is 13.2 Å². The molecule has 2 rings (SSSR count). The van der Waals surface area contributed by atoms with Gasteiger partial charge in [0.25, 0.3) is 0 Å². The van der Waals surface area contributed by atoms with Gasteiger partial charge in [0.2, 0.25) is 0 Å². The summed E-state index contributed by atoms with van der Waals surface area (Å²) in [4.78, 5) is 0. The summed E-state index contributed by atoms with van der Waals surface area (Å²) >= 11 is 9.35. The summed E-state index contributed by atoms with van der Waals surface area (Å²) in [6.45, 7) is 3.92. The maximum atomic E-state index is 5.90. The van der Waals surface area contributed by atoms with E-state index in [1.54, 1.807) is 0 Å². The monoisotopic (exact) mass is 345 g/mol. The molecule has 106 valence electrons. The molecule has 2 atom stereocenters. The van der Waals surface area contributed by atoms with Crippen LogP contribution in [0.5, 0.6) is 5.75 Å². The van der Waals surface area contributed by atoms with Crippen molar-refractivity contribution in [2.45, 2.75) is 38.6 Å². The first-order chi connectivity index (χ1) is 9.16. The molecule has 1 aliphatic rings. The zero-order valence-corrected chi connectivity index (χ0v) is 13.6. The van der Waals surface area contributed by atoms with E-state index in [1.807, 2.05) is 18.2 Å². The van der Waals surface area contributed by atoms with Crippen molar-refractivity contribution in [3.8, 4) is 5.75 Å². The highest BCUT2D eigenvalue weighted by Gasteiger charge is 2.20. The van der Waals surface area contributed by atoms with Gasteiger partial charge in [-0.05, 0) is 52.9 Å². The van der Waals surface area contributed by atoms with E-state index in [2.05, 4.69) is 28.2 Å². The van der Waals surface area contributed by atoms with Crippen LogP contribution in [0.4, 0.5) is 0 Å². The number of hydrogen-bond donors (Lipinski definition) is 1. The molecule has 1 aromatic carbocycles. The Hall–Kier alpha value is -0.250. The zero-order valence-electron chi connectivity index (χ0n) is 11.3. The second kappa shape index (κ2) is 7.51. The number of rotatable bonds is 5. The summed E-state index contributed by atoms with van der Waals surface area (Å²) in [5.74, 6) is 1.64. The van der Waals surface area contributed by atoms with Crippen molar-refractivity contribution in [3.63, 3.8) is 0 Å². The van der Waals surface area contributed by atoms with Gasteiger partial charge in [0.05, 0.1) is 4.47 Å². The lowest BCUT2D eigenvalue weighted by Gasteiger charge is -2.29. The molecule has 0 radical (unpaired) electrons. The quantitative estimate of drug-likeness (QED) is 0.784. The molecule has 2 unspecified atom stereocenters. The Balaban J connectivity index is 1.71. The summed E-state index contributed by atoms with van der Waals surface area (Å²) in [5, 5.41) is 4.32. The minimum Gasteiger partial charge on any atom is -0.491 e. The molecule has 0 aromatic heterocycles. The van der Waals surface area contributed by atoms with Crippen molar-refractivity contribution >= 4 is 27.5 Å². The van der Waals surface area contributed by atoms with Gasteiger partial charge in [-0.3, -0.25) is 0 Å². The fourth-order valence-electron chi connectivity index (χ4n) is 2.62. The van der Waals surface area contributed by atoms with Crippen molar-refractivity contribution in [3.05, 3.63) is 27.7 Å². The molecule has 1 N–H and O–H groups in total. The first kappa shape index (κ1) is 15.1. The second-order valence-electron chi connectivity index (χ2n) is 5.25. The van der Waals surface area contributed by atoms with E-state index < -0.39 is 0 Å². The Kier molecular flexibility index (Phi) is 5.99. The molecule has 19 heavy (non-hydrogen) atoms. The lowest BCUT2D eigenvalue weighted by molar-refractivity contribution is 0.250. The lowest BCUT2D eigenvalue weighted by atomic mass is 9.86. The van der Waals surface area contributed by atoms with E-state index in [1.165, 1.54) is 25.7 Å². The number of ether oxygens (including phenoxy) is 1. The molecule has 4 heteroatoms. The fourth-order valence-corrected chi connectivity index (χ4v) is 3.41. The predicted molar refractivity (Wildman–Crippen MR) is 84.1 cm³/mol. The van der Waals surface area contributed by atoms with Crippen molar-refractivity contribution in [1.29, 1.82) is 0 Å². The maximum Gasteiger partial charge on any atom is 0.133 e. The lowest BCUT2D eigenvalue weighted by Crippen LogP contribution is -2.39. The average Bonchev–Trinajstić information content (AvgIpc) is 2.38. The molecule has 0 amide bonds. The summed E-state index contributed by atoms with van der Waals surface area (Å²) in [6.07, 6.45) is 5.38. The van der Waals surface area contributed by atoms with Crippen molar-refractivity contribution in [2.24, 2.45) is 5.92 Å². The van der Waals surface area contributed by atoms with Gasteiger partial charge in [0.1, 0.15) is 12.4 Å². The number of halogens is 2. The van der Waals surface area contributed by atoms with Gasteiger partial charge >= 0.3 is 0 Å². The molecule has 0 heterocycles. The maximum absolute atomic E-state index is 5.90. The topological polar surface area (TPSA) is 21.3 Å². The molecule has 0 aliphatic heterocycles. The molecule has 1 fully saturated rings. The van der Waals surface area contributed by atoms with Crippen LogP contribution in [0.3, 0.4) is 0 Å². The molecule has 0 saturated heterocycles. The Bertz CT molecular complexity index is 413. The van der Waals surface area contributed by atoms with Gasteiger partial charge in [-0.1, -0.05) is 31.4 Å². The molecular weight excluding hydrogens is 326 g/mol. The van der Waals surface area contributed by atoms with E-state index in [9.17, 15) is 0 Å². The van der Waals surface area contributed by atoms with Crippen LogP contribution in [0, 0.1) is 5.92 Å². The normalized spacial score (nSPS) is 23.3. The molecule has 0 spiro atoms. The molecule has 1 saturated carbocycles. The van der Waals surface area contributed by atoms with Crippen LogP contribution in [-0.4, -0.2) is 19.2 Å². The van der Waals surface area contributed by atoms with E-state index in [0.29, 0.717) is 17.7 Å². The zero-order chi connectivity index (χ0) is 13.7. The molecule has 0 bridgehead atoms. The van der Waals surface area contributed by atoms with E-state index in [4.69, 9.17) is 16.3 Å². The smallest absolute Gasteiger partial charge is 0.133 e. The third-order valence-corrected chi connectivity index (χ3v) is 4.63. The average molecular weight is 347 g/mol. The molecule has 1 aromatic rings. The first-order valence-corrected chi connectivity index (χ1v) is 8.15. The predicted octanol–water partition coefficient (Wildman–Crippen LogP) is 4.65. The van der Waals surface area contributed by atoms with Crippen molar-refractivity contribution in [1.82, 2.24) is 5.32 Å². The summed E-state index contributed by atoms with van der Waals surface area (Å²) in [6, 6.07) is 6.26. The standard InChI is InChI=1S/C15H21BrClNO/c1-11-4-2-3-5-14(11)18-8-9-19-15-7-6-12(17)10-13(15)16/h6-7,10-11,14,18H,2-5,8-9H2,1H3. The van der Waals surface area contributed by atoms with Crippen LogP contribution in [0.1, 0.15) is 32.6 Å². The van der Waals surface area contributed by atoms with Gasteiger partial charge in [-0.15, -0.1) is 0 Å². The highest BCUT2D eigenvalue weighted by molar-refractivity contribution is 9.10. The summed E-state index contributed by atoms with van der Waals surface area (Å²) < 4.78 is 6.66. The number of hydrogen-bond acceptors (Lipinski definition) is 2. The minimum atomic E-state index is 0.658. The van der Waals surface area contributed by atoms with Crippen LogP contribution in [-0.2, 0) is 0 Å². The highest BCUT2D eigenvalue weighted by Crippen LogP contribution is 2.28. The Morgan fingerprint density at radius 2 is 2.16 bits per heavy atom. The summed E-state index contributed by atoms with van der Waals surface area (Å²) in [5.41, 5.74) is 0. The van der Waals surface area contributed by atoms with Crippen LogP contribution < -0.4 is 10.1 Å². The van der Waals surface area contributed by atoms with Crippen LogP contribution in [0.15, 0.2) is 22.7 Å². The minimum absolute atomic E-state index is 0.658. The van der Waals surface area contributed by atoms with Gasteiger partial charge in [-0.2, -0.15) is 0 Å². The molecule has 1 aliphatic carbocycles. The Morgan fingerprint density at radius 1 is 1.37 bits per heavy atom. The largest absolute Gasteiger partial charge is 0.491 e. The number of nitrogens with one attached hydrogen (secondary N) is 1. The SMILES string of the molecule is CC1CCCCC1NCCOc1ccc(Cl)cc1Br. The third-order valence-electron chi connectivity index (χ3n) is 3.77. The molecular formula is C15H21BrClNO. The first-order valence-electron chi connectivity index (χ1n) is 6.98. The Labute approximate surface area is 129 Å². The Morgan fingerprint density at radius 3 is 2.89 bits per heavy atom. The van der Waals surface area contributed by atoms with E-state index in [0.717, 1.165) is 22.7 Å². The second-order valence-corrected chi connectivity index (χ2v) is 6.54. The highest BCUT2D eigenvalue weighted by atomic mass is 79.9. The van der Waals surface area contributed by atoms with Crippen LogP contribution in [0.2, 0.25) is 5.02 Å². The van der Waals surface area contributed by atoms with E-state index >= 15 is 0 Å². The fraction of sp³-hybridized carbons (Fsp3) is 0.600. The van der Waals surface area contributed by atoms with Crippen LogP contribution in [0.25, 0.3) is 0 Å². The third kappa shape index (κ3) is 4.66. The number of benzene rings is 1. The van der Waals surface area contributed by atoms with Crippen LogP contribution >= 0.6 is 27.5 Å². The van der Waals surface area contributed by atoms with Gasteiger partial charge < -0.3 is 10.1 Å².